The summed E-state index contributed by atoms with van der Waals surface area (Å²) in [6, 6.07) is 10.1. The Balaban J connectivity index is 2.23. The lowest BCUT2D eigenvalue weighted by molar-refractivity contribution is 0.165. The molecule has 1 aliphatic rings. The standard InChI is InChI=1S/C12H16FN/c1-12(9-11(13)7-8-14-12)10-5-3-2-4-6-10/h2-6,11,14H,7-9H2,1H3. The third-order valence-electron chi connectivity index (χ3n) is 3.01. The molecule has 0 aromatic heterocycles. The van der Waals surface area contributed by atoms with Crippen LogP contribution in [0.1, 0.15) is 25.3 Å². The molecule has 0 bridgehead atoms. The normalized spacial score (nSPS) is 32.9. The highest BCUT2D eigenvalue weighted by molar-refractivity contribution is 5.24. The highest BCUT2D eigenvalue weighted by Crippen LogP contribution is 2.30. The molecular weight excluding hydrogens is 177 g/mol. The molecule has 0 radical (unpaired) electrons. The summed E-state index contributed by atoms with van der Waals surface area (Å²) >= 11 is 0. The quantitative estimate of drug-likeness (QED) is 0.723. The van der Waals surface area contributed by atoms with Crippen LogP contribution in [0.25, 0.3) is 0 Å². The number of piperidine rings is 1. The molecule has 1 nitrogen and oxygen atoms in total. The first-order chi connectivity index (χ1) is 6.71. The average molecular weight is 193 g/mol. The number of nitrogens with one attached hydrogen (secondary N) is 1. The Morgan fingerprint density at radius 1 is 1.36 bits per heavy atom. The second-order valence-corrected chi connectivity index (χ2v) is 4.21. The zero-order valence-electron chi connectivity index (χ0n) is 8.46. The molecule has 0 spiro atoms. The molecule has 0 amide bonds. The summed E-state index contributed by atoms with van der Waals surface area (Å²) in [7, 11) is 0. The van der Waals surface area contributed by atoms with Gasteiger partial charge in [0.25, 0.3) is 0 Å². The molecule has 2 rings (SSSR count). The van der Waals surface area contributed by atoms with E-state index in [0.717, 1.165) is 6.54 Å². The Morgan fingerprint density at radius 3 is 2.71 bits per heavy atom. The molecule has 2 heteroatoms. The predicted molar refractivity (Wildman–Crippen MR) is 55.9 cm³/mol. The van der Waals surface area contributed by atoms with Gasteiger partial charge in [-0.3, -0.25) is 0 Å². The predicted octanol–water partition coefficient (Wildman–Crippen LogP) is 2.62. The van der Waals surface area contributed by atoms with Crippen LogP contribution in [0.5, 0.6) is 0 Å². The van der Waals surface area contributed by atoms with Crippen molar-refractivity contribution in [2.75, 3.05) is 6.54 Å². The number of halogens is 1. The van der Waals surface area contributed by atoms with Crippen LogP contribution in [0.4, 0.5) is 4.39 Å². The van der Waals surface area contributed by atoms with Gasteiger partial charge in [0.1, 0.15) is 6.17 Å². The van der Waals surface area contributed by atoms with Crippen LogP contribution in [0.3, 0.4) is 0 Å². The Labute approximate surface area is 84.3 Å². The molecule has 2 atom stereocenters. The van der Waals surface area contributed by atoms with Crippen LogP contribution in [-0.4, -0.2) is 12.7 Å². The van der Waals surface area contributed by atoms with E-state index in [1.807, 2.05) is 18.2 Å². The fraction of sp³-hybridized carbons (Fsp3) is 0.500. The van der Waals surface area contributed by atoms with Gasteiger partial charge in [0.15, 0.2) is 0 Å². The van der Waals surface area contributed by atoms with Gasteiger partial charge < -0.3 is 5.32 Å². The smallest absolute Gasteiger partial charge is 0.103 e. The lowest BCUT2D eigenvalue weighted by atomic mass is 9.83. The maximum Gasteiger partial charge on any atom is 0.103 e. The molecular formula is C12H16FN. The summed E-state index contributed by atoms with van der Waals surface area (Å²) in [6.45, 7) is 2.85. The van der Waals surface area contributed by atoms with Crippen LogP contribution in [0, 0.1) is 0 Å². The first-order valence-electron chi connectivity index (χ1n) is 5.15. The minimum Gasteiger partial charge on any atom is -0.307 e. The molecule has 14 heavy (non-hydrogen) atoms. The number of rotatable bonds is 1. The molecule has 76 valence electrons. The molecule has 0 aliphatic carbocycles. The van der Waals surface area contributed by atoms with E-state index >= 15 is 0 Å². The fourth-order valence-corrected chi connectivity index (χ4v) is 2.15. The van der Waals surface area contributed by atoms with Crippen molar-refractivity contribution in [2.24, 2.45) is 0 Å². The van der Waals surface area contributed by atoms with Gasteiger partial charge in [-0.15, -0.1) is 0 Å². The second kappa shape index (κ2) is 3.70. The average Bonchev–Trinajstić information content (AvgIpc) is 2.19. The van der Waals surface area contributed by atoms with Crippen LogP contribution in [-0.2, 0) is 5.54 Å². The van der Waals surface area contributed by atoms with E-state index in [4.69, 9.17) is 0 Å². The van der Waals surface area contributed by atoms with Gasteiger partial charge in [-0.05, 0) is 25.5 Å². The van der Waals surface area contributed by atoms with E-state index < -0.39 is 6.17 Å². The summed E-state index contributed by atoms with van der Waals surface area (Å²) in [5, 5.41) is 3.40. The molecule has 1 fully saturated rings. The first-order valence-corrected chi connectivity index (χ1v) is 5.15. The highest BCUT2D eigenvalue weighted by Gasteiger charge is 2.32. The Morgan fingerprint density at radius 2 is 2.07 bits per heavy atom. The molecule has 1 aromatic carbocycles. The zero-order valence-corrected chi connectivity index (χ0v) is 8.46. The van der Waals surface area contributed by atoms with Crippen molar-refractivity contribution < 1.29 is 4.39 Å². The summed E-state index contributed by atoms with van der Waals surface area (Å²) in [6.07, 6.45) is 0.556. The molecule has 1 saturated heterocycles. The van der Waals surface area contributed by atoms with E-state index in [2.05, 4.69) is 24.4 Å². The summed E-state index contributed by atoms with van der Waals surface area (Å²) in [5.74, 6) is 0. The molecule has 1 heterocycles. The van der Waals surface area contributed by atoms with Crippen molar-refractivity contribution in [2.45, 2.75) is 31.5 Å². The summed E-state index contributed by atoms with van der Waals surface area (Å²) in [5.41, 5.74) is 1.00. The van der Waals surface area contributed by atoms with Gasteiger partial charge in [0.05, 0.1) is 0 Å². The lowest BCUT2D eigenvalue weighted by Crippen LogP contribution is -2.46. The van der Waals surface area contributed by atoms with Crippen LogP contribution >= 0.6 is 0 Å². The number of hydrogen-bond acceptors (Lipinski definition) is 1. The van der Waals surface area contributed by atoms with Crippen molar-refractivity contribution in [3.8, 4) is 0 Å². The highest BCUT2D eigenvalue weighted by atomic mass is 19.1. The lowest BCUT2D eigenvalue weighted by Gasteiger charge is -2.37. The topological polar surface area (TPSA) is 12.0 Å². The third kappa shape index (κ3) is 1.80. The van der Waals surface area contributed by atoms with Crippen molar-refractivity contribution in [1.82, 2.24) is 5.32 Å². The van der Waals surface area contributed by atoms with Crippen molar-refractivity contribution in [3.63, 3.8) is 0 Å². The number of hydrogen-bond donors (Lipinski definition) is 1. The largest absolute Gasteiger partial charge is 0.307 e. The maximum atomic E-state index is 13.3. The monoisotopic (exact) mass is 193 g/mol. The Kier molecular flexibility index (Phi) is 2.55. The SMILES string of the molecule is CC1(c2ccccc2)CC(F)CCN1. The van der Waals surface area contributed by atoms with Crippen molar-refractivity contribution in [1.29, 1.82) is 0 Å². The van der Waals surface area contributed by atoms with Crippen molar-refractivity contribution in [3.05, 3.63) is 35.9 Å². The van der Waals surface area contributed by atoms with Crippen LogP contribution in [0.15, 0.2) is 30.3 Å². The Bertz CT molecular complexity index is 298. The van der Waals surface area contributed by atoms with Gasteiger partial charge in [0, 0.05) is 12.0 Å². The van der Waals surface area contributed by atoms with Gasteiger partial charge in [-0.1, -0.05) is 30.3 Å². The van der Waals surface area contributed by atoms with Crippen LogP contribution < -0.4 is 5.32 Å². The fourth-order valence-electron chi connectivity index (χ4n) is 2.15. The van der Waals surface area contributed by atoms with Gasteiger partial charge in [-0.25, -0.2) is 4.39 Å². The van der Waals surface area contributed by atoms with E-state index in [9.17, 15) is 4.39 Å². The molecule has 0 saturated carbocycles. The minimum absolute atomic E-state index is 0.182. The second-order valence-electron chi connectivity index (χ2n) is 4.21. The van der Waals surface area contributed by atoms with Gasteiger partial charge >= 0.3 is 0 Å². The third-order valence-corrected chi connectivity index (χ3v) is 3.01. The van der Waals surface area contributed by atoms with E-state index in [0.29, 0.717) is 12.8 Å². The summed E-state index contributed by atoms with van der Waals surface area (Å²) in [4.78, 5) is 0. The molecule has 1 aromatic rings. The minimum atomic E-state index is -0.665. The maximum absolute atomic E-state index is 13.3. The van der Waals surface area contributed by atoms with Crippen LogP contribution in [0.2, 0.25) is 0 Å². The summed E-state index contributed by atoms with van der Waals surface area (Å²) < 4.78 is 13.3. The van der Waals surface area contributed by atoms with Gasteiger partial charge in [-0.2, -0.15) is 0 Å². The van der Waals surface area contributed by atoms with Gasteiger partial charge in [0.2, 0.25) is 0 Å². The first kappa shape index (κ1) is 9.66. The van der Waals surface area contributed by atoms with E-state index in [-0.39, 0.29) is 5.54 Å². The van der Waals surface area contributed by atoms with E-state index in [1.165, 1.54) is 5.56 Å². The van der Waals surface area contributed by atoms with Crippen molar-refractivity contribution >= 4 is 0 Å². The zero-order chi connectivity index (χ0) is 10.0. The molecule has 2 unspecified atom stereocenters. The van der Waals surface area contributed by atoms with E-state index in [1.54, 1.807) is 0 Å². The Hall–Kier alpha value is -0.890. The molecule has 1 aliphatic heterocycles. The number of alkyl halides is 1. The number of benzene rings is 1. The molecule has 1 N–H and O–H groups in total.